The molecule has 0 aliphatic heterocycles. The summed E-state index contributed by atoms with van der Waals surface area (Å²) in [6.45, 7) is 4.95. The van der Waals surface area contributed by atoms with E-state index >= 15 is 0 Å². The minimum Gasteiger partial charge on any atom is -0.466 e. The highest BCUT2D eigenvalue weighted by Crippen LogP contribution is 2.18. The Bertz CT molecular complexity index is 1030. The van der Waals surface area contributed by atoms with Crippen molar-refractivity contribution in [2.45, 2.75) is 366 Å². The Morgan fingerprint density at radius 1 is 0.391 bits per heavy atom. The summed E-state index contributed by atoms with van der Waals surface area (Å²) < 4.78 is 5.49. The lowest BCUT2D eigenvalue weighted by atomic mass is 10.0. The van der Waals surface area contributed by atoms with Gasteiger partial charge < -0.3 is 20.3 Å². The van der Waals surface area contributed by atoms with Gasteiger partial charge in [0.25, 0.3) is 0 Å². The van der Waals surface area contributed by atoms with E-state index in [1.165, 1.54) is 276 Å². The van der Waals surface area contributed by atoms with Crippen LogP contribution in [0.3, 0.4) is 0 Å². The van der Waals surface area contributed by atoms with Crippen LogP contribution in [0.4, 0.5) is 0 Å². The molecule has 3 N–H and O–H groups in total. The second-order valence-corrected chi connectivity index (χ2v) is 21.7. The van der Waals surface area contributed by atoms with Crippen molar-refractivity contribution in [2.24, 2.45) is 0 Å². The van der Waals surface area contributed by atoms with Crippen LogP contribution >= 0.6 is 0 Å². The van der Waals surface area contributed by atoms with Gasteiger partial charge in [0.05, 0.1) is 25.4 Å². The lowest BCUT2D eigenvalue weighted by Gasteiger charge is -2.22. The van der Waals surface area contributed by atoms with E-state index in [9.17, 15) is 19.8 Å². The third-order valence-electron chi connectivity index (χ3n) is 14.8. The number of hydrogen-bond acceptors (Lipinski definition) is 5. The molecular weight excluding hydrogens is 851 g/mol. The number of carbonyl (C=O) groups excluding carboxylic acids is 2. The largest absolute Gasteiger partial charge is 0.466 e. The van der Waals surface area contributed by atoms with Crippen LogP contribution in [0.1, 0.15) is 354 Å². The molecule has 2 unspecified atom stereocenters. The molecule has 0 aromatic carbocycles. The number of aliphatic hydroxyl groups is 2. The van der Waals surface area contributed by atoms with Crippen molar-refractivity contribution in [3.8, 4) is 0 Å². The summed E-state index contributed by atoms with van der Waals surface area (Å²) in [6.07, 6.45) is 71.0. The number of allylic oxidation sites excluding steroid dienone is 2. The van der Waals surface area contributed by atoms with Gasteiger partial charge in [-0.15, -0.1) is 0 Å². The standard InChI is InChI=1S/C63H123NO5/c1-3-5-7-9-11-13-15-16-30-34-37-41-45-49-53-57-63(68)69-58-54-50-46-42-38-35-32-29-27-25-23-21-19-17-18-20-22-24-26-28-31-33-36-40-44-48-52-56-62(67)64-60(59-65)61(66)55-51-47-43-39-14-12-10-8-6-4-2/h16,30,60-61,65-66H,3-15,17-29,31-59H2,1-2H3,(H,64,67)/b30-16-. The van der Waals surface area contributed by atoms with Crippen LogP contribution in [0, 0.1) is 0 Å². The van der Waals surface area contributed by atoms with E-state index in [1.807, 2.05) is 0 Å². The second-order valence-electron chi connectivity index (χ2n) is 21.7. The molecule has 0 radical (unpaired) electrons. The fourth-order valence-corrected chi connectivity index (χ4v) is 9.99. The summed E-state index contributed by atoms with van der Waals surface area (Å²) in [5, 5.41) is 23.2. The number of amides is 1. The number of nitrogens with one attached hydrogen (secondary N) is 1. The van der Waals surface area contributed by atoms with E-state index in [-0.39, 0.29) is 18.5 Å². The van der Waals surface area contributed by atoms with E-state index in [0.29, 0.717) is 25.9 Å². The molecule has 0 saturated heterocycles. The Morgan fingerprint density at radius 2 is 0.681 bits per heavy atom. The Kier molecular flexibility index (Phi) is 58.0. The summed E-state index contributed by atoms with van der Waals surface area (Å²) in [6, 6.07) is -0.537. The van der Waals surface area contributed by atoms with Crippen LogP contribution in [0.5, 0.6) is 0 Å². The Balaban J connectivity index is 3.31. The van der Waals surface area contributed by atoms with Gasteiger partial charge >= 0.3 is 5.97 Å². The van der Waals surface area contributed by atoms with Crippen LogP contribution < -0.4 is 5.32 Å². The molecule has 0 heterocycles. The second kappa shape index (κ2) is 59.2. The summed E-state index contributed by atoms with van der Waals surface area (Å²) >= 11 is 0. The molecule has 0 bridgehead atoms. The van der Waals surface area contributed by atoms with Gasteiger partial charge in [-0.05, 0) is 51.4 Å². The third-order valence-corrected chi connectivity index (χ3v) is 14.8. The number of aliphatic hydroxyl groups excluding tert-OH is 2. The number of ether oxygens (including phenoxy) is 1. The molecular formula is C63H123NO5. The molecule has 0 aromatic heterocycles. The van der Waals surface area contributed by atoms with Gasteiger partial charge in [0, 0.05) is 12.8 Å². The molecule has 6 heteroatoms. The van der Waals surface area contributed by atoms with E-state index in [2.05, 4.69) is 31.3 Å². The number of carbonyl (C=O) groups is 2. The van der Waals surface area contributed by atoms with Gasteiger partial charge in [0.15, 0.2) is 0 Å². The van der Waals surface area contributed by atoms with Crippen LogP contribution in [0.15, 0.2) is 12.2 Å². The molecule has 2 atom stereocenters. The molecule has 0 aliphatic rings. The molecule has 0 aromatic rings. The molecule has 6 nitrogen and oxygen atoms in total. The molecule has 0 rings (SSSR count). The van der Waals surface area contributed by atoms with Crippen molar-refractivity contribution >= 4 is 11.9 Å². The van der Waals surface area contributed by atoms with E-state index in [1.54, 1.807) is 0 Å². The van der Waals surface area contributed by atoms with Crippen molar-refractivity contribution in [2.75, 3.05) is 13.2 Å². The maximum atomic E-state index is 12.4. The number of hydrogen-bond donors (Lipinski definition) is 3. The highest BCUT2D eigenvalue weighted by molar-refractivity contribution is 5.76. The lowest BCUT2D eigenvalue weighted by Crippen LogP contribution is -2.45. The first-order valence-electron chi connectivity index (χ1n) is 31.4. The quantitative estimate of drug-likeness (QED) is 0.0321. The highest BCUT2D eigenvalue weighted by atomic mass is 16.5. The van der Waals surface area contributed by atoms with Crippen molar-refractivity contribution in [3.05, 3.63) is 12.2 Å². The topological polar surface area (TPSA) is 95.9 Å². The molecule has 0 aliphatic carbocycles. The predicted octanol–water partition coefficient (Wildman–Crippen LogP) is 19.6. The van der Waals surface area contributed by atoms with E-state index in [4.69, 9.17) is 4.74 Å². The van der Waals surface area contributed by atoms with Gasteiger partial charge in [-0.25, -0.2) is 0 Å². The average Bonchev–Trinajstić information content (AvgIpc) is 3.35. The number of unbranched alkanes of at least 4 members (excludes halogenated alkanes) is 46. The SMILES string of the molecule is CCCCCCCC/C=C\CCCCCCCC(=O)OCCCCCCCCCCCCCCCCCCCCCCCCCCCCCC(=O)NC(CO)C(O)CCCCCCCCCCCC. The zero-order chi connectivity index (χ0) is 50.0. The van der Waals surface area contributed by atoms with Gasteiger partial charge in [-0.1, -0.05) is 302 Å². The minimum absolute atomic E-state index is 0.0106. The van der Waals surface area contributed by atoms with Gasteiger partial charge in [-0.2, -0.15) is 0 Å². The molecule has 0 spiro atoms. The van der Waals surface area contributed by atoms with Gasteiger partial charge in [0.1, 0.15) is 0 Å². The Hall–Kier alpha value is -1.40. The average molecular weight is 975 g/mol. The van der Waals surface area contributed by atoms with Crippen molar-refractivity contribution in [1.29, 1.82) is 0 Å². The van der Waals surface area contributed by atoms with Crippen LogP contribution in [0.25, 0.3) is 0 Å². The summed E-state index contributed by atoms with van der Waals surface area (Å²) in [5.74, 6) is -0.0218. The maximum Gasteiger partial charge on any atom is 0.305 e. The highest BCUT2D eigenvalue weighted by Gasteiger charge is 2.20. The zero-order valence-corrected chi connectivity index (χ0v) is 46.8. The predicted molar refractivity (Wildman–Crippen MR) is 301 cm³/mol. The van der Waals surface area contributed by atoms with Crippen LogP contribution in [-0.4, -0.2) is 47.4 Å². The summed E-state index contributed by atoms with van der Waals surface area (Å²) in [5.41, 5.74) is 0. The molecule has 1 amide bonds. The monoisotopic (exact) mass is 974 g/mol. The fraction of sp³-hybridized carbons (Fsp3) is 0.937. The molecule has 0 saturated carbocycles. The van der Waals surface area contributed by atoms with E-state index < -0.39 is 12.1 Å². The zero-order valence-electron chi connectivity index (χ0n) is 46.8. The third kappa shape index (κ3) is 55.8. The Labute approximate surface area is 431 Å². The molecule has 0 fully saturated rings. The molecule has 69 heavy (non-hydrogen) atoms. The first-order valence-corrected chi connectivity index (χ1v) is 31.4. The number of esters is 1. The van der Waals surface area contributed by atoms with Crippen molar-refractivity contribution in [1.82, 2.24) is 5.32 Å². The first-order chi connectivity index (χ1) is 34.0. The lowest BCUT2D eigenvalue weighted by molar-refractivity contribution is -0.143. The fourth-order valence-electron chi connectivity index (χ4n) is 9.99. The summed E-state index contributed by atoms with van der Waals surface area (Å²) in [7, 11) is 0. The van der Waals surface area contributed by atoms with Gasteiger partial charge in [0.2, 0.25) is 5.91 Å². The van der Waals surface area contributed by atoms with Crippen molar-refractivity contribution in [3.63, 3.8) is 0 Å². The smallest absolute Gasteiger partial charge is 0.305 e. The van der Waals surface area contributed by atoms with Crippen LogP contribution in [-0.2, 0) is 14.3 Å². The van der Waals surface area contributed by atoms with Crippen LogP contribution in [0.2, 0.25) is 0 Å². The minimum atomic E-state index is -0.659. The summed E-state index contributed by atoms with van der Waals surface area (Å²) in [4.78, 5) is 24.5. The first kappa shape index (κ1) is 67.6. The number of rotatable bonds is 59. The molecule has 410 valence electrons. The normalized spacial score (nSPS) is 12.6. The van der Waals surface area contributed by atoms with E-state index in [0.717, 1.165) is 44.9 Å². The van der Waals surface area contributed by atoms with Gasteiger partial charge in [-0.3, -0.25) is 9.59 Å². The Morgan fingerprint density at radius 3 is 1.03 bits per heavy atom. The van der Waals surface area contributed by atoms with Crippen molar-refractivity contribution < 1.29 is 24.5 Å². The maximum absolute atomic E-state index is 12.4.